The minimum absolute atomic E-state index is 0.0148. The summed E-state index contributed by atoms with van der Waals surface area (Å²) in [5.74, 6) is -1.06. The van der Waals surface area contributed by atoms with Crippen molar-refractivity contribution >= 4 is 5.91 Å². The van der Waals surface area contributed by atoms with Gasteiger partial charge in [0.25, 0.3) is 5.89 Å². The first-order valence-corrected chi connectivity index (χ1v) is 7.38. The van der Waals surface area contributed by atoms with E-state index in [1.807, 2.05) is 12.1 Å². The molecular formula is C17H15FN4O2. The van der Waals surface area contributed by atoms with Crippen LogP contribution in [0.5, 0.6) is 0 Å². The molecule has 2 aromatic heterocycles. The molecule has 0 saturated carbocycles. The van der Waals surface area contributed by atoms with Crippen LogP contribution < -0.4 is 0 Å². The third kappa shape index (κ3) is 3.45. The molecule has 0 N–H and O–H groups in total. The van der Waals surface area contributed by atoms with Crippen LogP contribution in [0, 0.1) is 5.82 Å². The summed E-state index contributed by atoms with van der Waals surface area (Å²) in [6.45, 7) is 0.486. The molecule has 0 aliphatic carbocycles. The minimum atomic E-state index is -0.480. The predicted octanol–water partition coefficient (Wildman–Crippen LogP) is 2.59. The van der Waals surface area contributed by atoms with Gasteiger partial charge in [-0.1, -0.05) is 12.1 Å². The molecule has 0 fully saturated rings. The van der Waals surface area contributed by atoms with Gasteiger partial charge in [-0.05, 0) is 36.2 Å². The first-order chi connectivity index (χ1) is 11.6. The summed E-state index contributed by atoms with van der Waals surface area (Å²) in [6.07, 6.45) is 4.09. The summed E-state index contributed by atoms with van der Waals surface area (Å²) < 4.78 is 19.0. The van der Waals surface area contributed by atoms with Crippen LogP contribution in [0.4, 0.5) is 4.39 Å². The van der Waals surface area contributed by atoms with E-state index in [4.69, 9.17) is 4.42 Å². The van der Waals surface area contributed by atoms with Gasteiger partial charge in [0.15, 0.2) is 0 Å². The Morgan fingerprint density at radius 1 is 1.17 bits per heavy atom. The highest BCUT2D eigenvalue weighted by Gasteiger charge is 2.20. The minimum Gasteiger partial charge on any atom is -0.412 e. The first kappa shape index (κ1) is 15.8. The Morgan fingerprint density at radius 3 is 2.67 bits per heavy atom. The van der Waals surface area contributed by atoms with Crippen LogP contribution in [-0.2, 0) is 6.42 Å². The summed E-state index contributed by atoms with van der Waals surface area (Å²) in [5, 5.41) is 7.48. The molecular weight excluding hydrogens is 311 g/mol. The van der Waals surface area contributed by atoms with Crippen molar-refractivity contribution in [2.75, 3.05) is 13.6 Å². The molecule has 0 bridgehead atoms. The Labute approximate surface area is 138 Å². The quantitative estimate of drug-likeness (QED) is 0.720. The second kappa shape index (κ2) is 6.99. The van der Waals surface area contributed by atoms with Crippen molar-refractivity contribution in [1.82, 2.24) is 20.1 Å². The first-order valence-electron chi connectivity index (χ1n) is 7.38. The highest BCUT2D eigenvalue weighted by atomic mass is 19.1. The standard InChI is InChI=1S/C17H15FN4O2/c1-22(11-8-12-6-9-19-10-7-12)17(23)16-21-20-15(24-16)13-4-2-3-5-14(13)18/h2-7,9-10H,8,11H2,1H3. The van der Waals surface area contributed by atoms with E-state index in [1.54, 1.807) is 31.6 Å². The second-order valence-corrected chi connectivity index (χ2v) is 5.22. The molecule has 0 saturated heterocycles. The lowest BCUT2D eigenvalue weighted by atomic mass is 10.2. The number of carbonyl (C=O) groups excluding carboxylic acids is 1. The highest BCUT2D eigenvalue weighted by molar-refractivity contribution is 5.89. The van der Waals surface area contributed by atoms with Crippen LogP contribution >= 0.6 is 0 Å². The van der Waals surface area contributed by atoms with E-state index < -0.39 is 11.7 Å². The van der Waals surface area contributed by atoms with Gasteiger partial charge in [-0.25, -0.2) is 4.39 Å². The smallest absolute Gasteiger partial charge is 0.311 e. The van der Waals surface area contributed by atoms with Gasteiger partial charge in [-0.15, -0.1) is 10.2 Å². The average Bonchev–Trinajstić information content (AvgIpc) is 3.10. The molecule has 1 amide bonds. The molecule has 6 nitrogen and oxygen atoms in total. The maximum Gasteiger partial charge on any atom is 0.311 e. The largest absolute Gasteiger partial charge is 0.412 e. The Bertz CT molecular complexity index is 835. The molecule has 0 radical (unpaired) electrons. The molecule has 0 atom stereocenters. The molecule has 0 spiro atoms. The van der Waals surface area contributed by atoms with Gasteiger partial charge in [0.1, 0.15) is 5.82 Å². The fraction of sp³-hybridized carbons (Fsp3) is 0.176. The number of carbonyl (C=O) groups is 1. The van der Waals surface area contributed by atoms with E-state index in [0.29, 0.717) is 13.0 Å². The number of amides is 1. The normalized spacial score (nSPS) is 10.6. The lowest BCUT2D eigenvalue weighted by Gasteiger charge is -2.14. The van der Waals surface area contributed by atoms with Crippen LogP contribution in [0.3, 0.4) is 0 Å². The van der Waals surface area contributed by atoms with Crippen molar-refractivity contribution in [3.63, 3.8) is 0 Å². The van der Waals surface area contributed by atoms with Gasteiger partial charge < -0.3 is 9.32 Å². The Balaban J connectivity index is 1.68. The Kier molecular flexibility index (Phi) is 4.60. The van der Waals surface area contributed by atoms with Crippen molar-refractivity contribution in [2.24, 2.45) is 0 Å². The highest BCUT2D eigenvalue weighted by Crippen LogP contribution is 2.21. The number of benzene rings is 1. The summed E-state index contributed by atoms with van der Waals surface area (Å²) in [4.78, 5) is 17.8. The fourth-order valence-electron chi connectivity index (χ4n) is 2.16. The number of pyridine rings is 1. The summed E-state index contributed by atoms with van der Waals surface area (Å²) in [6, 6.07) is 9.81. The summed E-state index contributed by atoms with van der Waals surface area (Å²) >= 11 is 0. The number of likely N-dealkylation sites (N-methyl/N-ethyl adjacent to an activating group) is 1. The fourth-order valence-corrected chi connectivity index (χ4v) is 2.16. The lowest BCUT2D eigenvalue weighted by Crippen LogP contribution is -2.29. The molecule has 3 aromatic rings. The molecule has 3 rings (SSSR count). The number of aromatic nitrogens is 3. The zero-order valence-corrected chi connectivity index (χ0v) is 13.0. The van der Waals surface area contributed by atoms with Gasteiger partial charge in [0.2, 0.25) is 0 Å². The van der Waals surface area contributed by atoms with Gasteiger partial charge in [-0.2, -0.15) is 0 Å². The predicted molar refractivity (Wildman–Crippen MR) is 84.6 cm³/mol. The van der Waals surface area contributed by atoms with E-state index in [-0.39, 0.29) is 17.3 Å². The Morgan fingerprint density at radius 2 is 1.92 bits per heavy atom. The van der Waals surface area contributed by atoms with Crippen molar-refractivity contribution in [3.05, 3.63) is 66.1 Å². The van der Waals surface area contributed by atoms with Crippen molar-refractivity contribution in [3.8, 4) is 11.5 Å². The molecule has 0 aliphatic heterocycles. The third-order valence-electron chi connectivity index (χ3n) is 3.54. The SMILES string of the molecule is CN(CCc1ccncc1)C(=O)c1nnc(-c2ccccc2F)o1. The van der Waals surface area contributed by atoms with Crippen molar-refractivity contribution in [2.45, 2.75) is 6.42 Å². The molecule has 24 heavy (non-hydrogen) atoms. The van der Waals surface area contributed by atoms with E-state index in [2.05, 4.69) is 15.2 Å². The van der Waals surface area contributed by atoms with E-state index in [0.717, 1.165) is 5.56 Å². The topological polar surface area (TPSA) is 72.1 Å². The van der Waals surface area contributed by atoms with Crippen LogP contribution in [0.25, 0.3) is 11.5 Å². The summed E-state index contributed by atoms with van der Waals surface area (Å²) in [7, 11) is 1.65. The number of rotatable bonds is 5. The third-order valence-corrected chi connectivity index (χ3v) is 3.54. The van der Waals surface area contributed by atoms with Crippen molar-refractivity contribution < 1.29 is 13.6 Å². The molecule has 0 unspecified atom stereocenters. The van der Waals surface area contributed by atoms with Crippen molar-refractivity contribution in [1.29, 1.82) is 0 Å². The summed E-state index contributed by atoms with van der Waals surface area (Å²) in [5.41, 5.74) is 1.24. The van der Waals surface area contributed by atoms with Gasteiger partial charge >= 0.3 is 11.8 Å². The van der Waals surface area contributed by atoms with Crippen LogP contribution in [0.2, 0.25) is 0 Å². The zero-order chi connectivity index (χ0) is 16.9. The number of hydrogen-bond donors (Lipinski definition) is 0. The lowest BCUT2D eigenvalue weighted by molar-refractivity contribution is 0.0758. The maximum atomic E-state index is 13.7. The van der Waals surface area contributed by atoms with Crippen LogP contribution in [0.1, 0.15) is 16.2 Å². The molecule has 1 aromatic carbocycles. The average molecular weight is 326 g/mol. The molecule has 0 aliphatic rings. The van der Waals surface area contributed by atoms with Gasteiger partial charge in [-0.3, -0.25) is 9.78 Å². The van der Waals surface area contributed by atoms with Gasteiger partial charge in [0, 0.05) is 26.0 Å². The maximum absolute atomic E-state index is 13.7. The number of hydrogen-bond acceptors (Lipinski definition) is 5. The van der Waals surface area contributed by atoms with Crippen LogP contribution in [0.15, 0.2) is 53.2 Å². The Hall–Kier alpha value is -3.09. The number of nitrogens with zero attached hydrogens (tertiary/aromatic N) is 4. The van der Waals surface area contributed by atoms with Gasteiger partial charge in [0.05, 0.1) is 5.56 Å². The zero-order valence-electron chi connectivity index (χ0n) is 13.0. The van der Waals surface area contributed by atoms with E-state index in [1.165, 1.54) is 17.0 Å². The number of halogens is 1. The second-order valence-electron chi connectivity index (χ2n) is 5.22. The van der Waals surface area contributed by atoms with E-state index >= 15 is 0 Å². The molecule has 122 valence electrons. The monoisotopic (exact) mass is 326 g/mol. The van der Waals surface area contributed by atoms with E-state index in [9.17, 15) is 9.18 Å². The van der Waals surface area contributed by atoms with Crippen LogP contribution in [-0.4, -0.2) is 39.6 Å². The molecule has 7 heteroatoms. The molecule has 2 heterocycles.